The Hall–Kier alpha value is -2.85. The smallest absolute Gasteiger partial charge is 0.200 e. The van der Waals surface area contributed by atoms with Gasteiger partial charge in [-0.1, -0.05) is 84.9 Å². The SMILES string of the molecule is Brc1nc(-c2ccccc2)nc(-c2ccc(Cc3ccccc3)cc2)n1. The van der Waals surface area contributed by atoms with Crippen molar-refractivity contribution in [2.45, 2.75) is 6.42 Å². The lowest BCUT2D eigenvalue weighted by Crippen LogP contribution is -1.97. The Morgan fingerprint density at radius 1 is 0.538 bits per heavy atom. The molecule has 0 fully saturated rings. The van der Waals surface area contributed by atoms with Crippen molar-refractivity contribution in [3.8, 4) is 22.8 Å². The Morgan fingerprint density at radius 3 is 1.65 bits per heavy atom. The van der Waals surface area contributed by atoms with Gasteiger partial charge in [-0.15, -0.1) is 0 Å². The zero-order chi connectivity index (χ0) is 17.8. The van der Waals surface area contributed by atoms with Crippen LogP contribution >= 0.6 is 15.9 Å². The molecule has 0 saturated carbocycles. The molecule has 3 nitrogen and oxygen atoms in total. The van der Waals surface area contributed by atoms with Gasteiger partial charge < -0.3 is 0 Å². The van der Waals surface area contributed by atoms with Crippen LogP contribution in [0.1, 0.15) is 11.1 Å². The van der Waals surface area contributed by atoms with E-state index in [1.165, 1.54) is 11.1 Å². The predicted octanol–water partition coefficient (Wildman–Crippen LogP) is 5.56. The summed E-state index contributed by atoms with van der Waals surface area (Å²) >= 11 is 3.40. The Balaban J connectivity index is 1.62. The summed E-state index contributed by atoms with van der Waals surface area (Å²) in [7, 11) is 0. The van der Waals surface area contributed by atoms with Crippen molar-refractivity contribution in [2.75, 3.05) is 0 Å². The van der Waals surface area contributed by atoms with Crippen LogP contribution in [0.4, 0.5) is 0 Å². The van der Waals surface area contributed by atoms with E-state index in [0.29, 0.717) is 16.4 Å². The van der Waals surface area contributed by atoms with Crippen molar-refractivity contribution < 1.29 is 0 Å². The van der Waals surface area contributed by atoms with Crippen LogP contribution in [0.15, 0.2) is 89.7 Å². The van der Waals surface area contributed by atoms with Crippen LogP contribution in [-0.4, -0.2) is 15.0 Å². The van der Waals surface area contributed by atoms with Crippen LogP contribution < -0.4 is 0 Å². The van der Waals surface area contributed by atoms with Gasteiger partial charge in [0.25, 0.3) is 0 Å². The molecule has 0 aliphatic rings. The minimum atomic E-state index is 0.537. The highest BCUT2D eigenvalue weighted by atomic mass is 79.9. The first-order valence-electron chi connectivity index (χ1n) is 8.38. The van der Waals surface area contributed by atoms with Crippen molar-refractivity contribution in [3.05, 3.63) is 101 Å². The number of hydrogen-bond donors (Lipinski definition) is 0. The molecule has 4 rings (SSSR count). The quantitative estimate of drug-likeness (QED) is 0.449. The van der Waals surface area contributed by atoms with Gasteiger partial charge in [0.1, 0.15) is 0 Å². The molecule has 4 aromatic rings. The number of rotatable bonds is 4. The lowest BCUT2D eigenvalue weighted by Gasteiger charge is -2.06. The van der Waals surface area contributed by atoms with E-state index in [-0.39, 0.29) is 0 Å². The molecule has 1 aromatic heterocycles. The molecule has 0 saturated heterocycles. The minimum Gasteiger partial charge on any atom is -0.208 e. The van der Waals surface area contributed by atoms with Gasteiger partial charge in [0.05, 0.1) is 0 Å². The molecular formula is C22H16BrN3. The molecule has 4 heteroatoms. The average Bonchev–Trinajstić information content (AvgIpc) is 2.70. The fourth-order valence-electron chi connectivity index (χ4n) is 2.80. The van der Waals surface area contributed by atoms with Gasteiger partial charge in [-0.25, -0.2) is 15.0 Å². The van der Waals surface area contributed by atoms with E-state index in [1.807, 2.05) is 36.4 Å². The van der Waals surface area contributed by atoms with E-state index < -0.39 is 0 Å². The van der Waals surface area contributed by atoms with Gasteiger partial charge in [0.2, 0.25) is 4.73 Å². The fraction of sp³-hybridized carbons (Fsp3) is 0.0455. The van der Waals surface area contributed by atoms with Crippen molar-refractivity contribution in [2.24, 2.45) is 0 Å². The summed E-state index contributed by atoms with van der Waals surface area (Å²) in [5.74, 6) is 1.33. The molecule has 0 unspecified atom stereocenters. The first-order chi connectivity index (χ1) is 12.8. The van der Waals surface area contributed by atoms with Gasteiger partial charge in [-0.3, -0.25) is 0 Å². The molecule has 26 heavy (non-hydrogen) atoms. The van der Waals surface area contributed by atoms with E-state index in [0.717, 1.165) is 17.5 Å². The van der Waals surface area contributed by atoms with Crippen molar-refractivity contribution >= 4 is 15.9 Å². The Labute approximate surface area is 160 Å². The zero-order valence-corrected chi connectivity index (χ0v) is 15.6. The van der Waals surface area contributed by atoms with Crippen molar-refractivity contribution in [1.29, 1.82) is 0 Å². The Bertz CT molecular complexity index is 1000. The van der Waals surface area contributed by atoms with Gasteiger partial charge in [0, 0.05) is 11.1 Å². The summed E-state index contributed by atoms with van der Waals surface area (Å²) in [6.07, 6.45) is 0.914. The standard InChI is InChI=1S/C22H16BrN3/c23-22-25-20(18-9-5-2-6-10-18)24-21(26-22)19-13-11-17(12-14-19)15-16-7-3-1-4-8-16/h1-14H,15H2. The van der Waals surface area contributed by atoms with Crippen molar-refractivity contribution in [3.63, 3.8) is 0 Å². The maximum atomic E-state index is 4.64. The molecule has 1 heterocycles. The predicted molar refractivity (Wildman–Crippen MR) is 108 cm³/mol. The molecule has 3 aromatic carbocycles. The Kier molecular flexibility index (Phi) is 4.84. The number of benzene rings is 3. The Morgan fingerprint density at radius 2 is 1.04 bits per heavy atom. The van der Waals surface area contributed by atoms with Gasteiger partial charge in [-0.05, 0) is 33.5 Å². The average molecular weight is 402 g/mol. The van der Waals surface area contributed by atoms with Crippen LogP contribution in [0, 0.1) is 0 Å². The maximum Gasteiger partial charge on any atom is 0.200 e. The highest BCUT2D eigenvalue weighted by Gasteiger charge is 2.09. The summed E-state index contributed by atoms with van der Waals surface area (Å²) in [5.41, 5.74) is 4.51. The van der Waals surface area contributed by atoms with E-state index >= 15 is 0 Å². The molecule has 0 N–H and O–H groups in total. The molecule has 126 valence electrons. The largest absolute Gasteiger partial charge is 0.208 e. The first-order valence-corrected chi connectivity index (χ1v) is 9.17. The number of hydrogen-bond acceptors (Lipinski definition) is 3. The van der Waals surface area contributed by atoms with Gasteiger partial charge in [-0.2, -0.15) is 0 Å². The molecule has 0 aliphatic heterocycles. The molecule has 0 atom stereocenters. The highest BCUT2D eigenvalue weighted by molar-refractivity contribution is 9.10. The van der Waals surface area contributed by atoms with Crippen LogP contribution in [0.3, 0.4) is 0 Å². The van der Waals surface area contributed by atoms with Crippen LogP contribution in [0.2, 0.25) is 0 Å². The minimum absolute atomic E-state index is 0.537. The van der Waals surface area contributed by atoms with E-state index in [1.54, 1.807) is 0 Å². The molecule has 0 radical (unpaired) electrons. The van der Waals surface area contributed by atoms with Crippen molar-refractivity contribution in [1.82, 2.24) is 15.0 Å². The topological polar surface area (TPSA) is 38.7 Å². The second kappa shape index (κ2) is 7.58. The second-order valence-electron chi connectivity index (χ2n) is 5.98. The van der Waals surface area contributed by atoms with E-state index in [9.17, 15) is 0 Å². The highest BCUT2D eigenvalue weighted by Crippen LogP contribution is 2.22. The van der Waals surface area contributed by atoms with E-state index in [4.69, 9.17) is 0 Å². The third-order valence-electron chi connectivity index (χ3n) is 4.10. The third-order valence-corrected chi connectivity index (χ3v) is 4.46. The van der Waals surface area contributed by atoms with Crippen LogP contribution in [0.25, 0.3) is 22.8 Å². The monoisotopic (exact) mass is 401 g/mol. The van der Waals surface area contributed by atoms with E-state index in [2.05, 4.69) is 79.4 Å². The number of aromatic nitrogens is 3. The number of halogens is 1. The summed E-state index contributed by atoms with van der Waals surface area (Å²) < 4.78 is 0.537. The molecule has 0 aliphatic carbocycles. The first kappa shape index (κ1) is 16.6. The lowest BCUT2D eigenvalue weighted by atomic mass is 10.0. The normalized spacial score (nSPS) is 10.7. The summed E-state index contributed by atoms with van der Waals surface area (Å²) in [5, 5.41) is 0. The maximum absolute atomic E-state index is 4.64. The molecule has 0 bridgehead atoms. The third kappa shape index (κ3) is 3.86. The molecule has 0 spiro atoms. The molecule has 0 amide bonds. The van der Waals surface area contributed by atoms with Gasteiger partial charge >= 0.3 is 0 Å². The van der Waals surface area contributed by atoms with Crippen LogP contribution in [0.5, 0.6) is 0 Å². The fourth-order valence-corrected chi connectivity index (χ4v) is 3.13. The second-order valence-corrected chi connectivity index (χ2v) is 6.69. The van der Waals surface area contributed by atoms with Crippen LogP contribution in [-0.2, 0) is 6.42 Å². The molecular weight excluding hydrogens is 386 g/mol. The number of nitrogens with zero attached hydrogens (tertiary/aromatic N) is 3. The summed E-state index contributed by atoms with van der Waals surface area (Å²) in [6.45, 7) is 0. The van der Waals surface area contributed by atoms with Gasteiger partial charge in [0.15, 0.2) is 11.6 Å². The summed E-state index contributed by atoms with van der Waals surface area (Å²) in [4.78, 5) is 13.5. The zero-order valence-electron chi connectivity index (χ0n) is 14.0. The summed E-state index contributed by atoms with van der Waals surface area (Å²) in [6, 6.07) is 28.8. The lowest BCUT2D eigenvalue weighted by molar-refractivity contribution is 1.03.